The number of esters is 1. The minimum Gasteiger partial charge on any atom is -0.508 e. The van der Waals surface area contributed by atoms with Crippen LogP contribution in [0.2, 0.25) is 0 Å². The minimum atomic E-state index is -0.915. The molecule has 0 radical (unpaired) electrons. The van der Waals surface area contributed by atoms with E-state index in [0.29, 0.717) is 30.0 Å². The third-order valence-corrected chi connectivity index (χ3v) is 10.7. The number of fused-ring (bicyclic) bond motifs is 2. The van der Waals surface area contributed by atoms with Crippen molar-refractivity contribution in [3.8, 4) is 28.4 Å². The highest BCUT2D eigenvalue weighted by Gasteiger charge is 2.40. The van der Waals surface area contributed by atoms with Crippen LogP contribution in [0.1, 0.15) is 53.3 Å². The Kier molecular flexibility index (Phi) is 10.9. The van der Waals surface area contributed by atoms with Gasteiger partial charge in [0.05, 0.1) is 25.9 Å². The summed E-state index contributed by atoms with van der Waals surface area (Å²) in [5, 5.41) is 12.9. The molecule has 10 nitrogen and oxygen atoms in total. The van der Waals surface area contributed by atoms with Crippen LogP contribution in [0.25, 0.3) is 11.1 Å². The number of benzene rings is 5. The molecule has 4 atom stereocenters. The van der Waals surface area contributed by atoms with Crippen molar-refractivity contribution in [2.75, 3.05) is 26.2 Å². The maximum Gasteiger partial charge on any atom is 0.328 e. The van der Waals surface area contributed by atoms with Crippen molar-refractivity contribution in [1.29, 1.82) is 0 Å². The number of phenolic OH excluding ortho intramolecular Hbond substituents is 1. The molecule has 10 heteroatoms. The largest absolute Gasteiger partial charge is 0.508 e. The highest BCUT2D eigenvalue weighted by Crippen LogP contribution is 2.43. The number of anilines is 1. The number of carbonyl (C=O) groups excluding carboxylic acids is 3. The Hall–Kier alpha value is -6.13. The zero-order chi connectivity index (χ0) is 38.6. The third kappa shape index (κ3) is 7.77. The molecular weight excluding hydrogens is 695 g/mol. The molecule has 5 aromatic rings. The zero-order valence-corrected chi connectivity index (χ0v) is 31.4. The van der Waals surface area contributed by atoms with Crippen LogP contribution < -0.4 is 19.7 Å². The lowest BCUT2D eigenvalue weighted by Gasteiger charge is -2.42. The van der Waals surface area contributed by atoms with Crippen LogP contribution in [0.15, 0.2) is 115 Å². The predicted octanol–water partition coefficient (Wildman–Crippen LogP) is 6.94. The Balaban J connectivity index is 1.17. The average molecular weight is 740 g/mol. The lowest BCUT2D eigenvalue weighted by Crippen LogP contribution is -2.55. The van der Waals surface area contributed by atoms with Crippen molar-refractivity contribution in [2.24, 2.45) is 0 Å². The van der Waals surface area contributed by atoms with Crippen molar-refractivity contribution in [3.63, 3.8) is 0 Å². The first-order chi connectivity index (χ1) is 26.7. The number of rotatable bonds is 11. The molecule has 2 heterocycles. The molecule has 5 aromatic carbocycles. The molecule has 0 saturated heterocycles. The van der Waals surface area contributed by atoms with Gasteiger partial charge < -0.3 is 29.5 Å². The number of carbonyl (C=O) groups is 3. The topological polar surface area (TPSA) is 118 Å². The molecule has 0 saturated carbocycles. The SMILES string of the molecule is CC[C@@H](c1ccccc1)N1Cc2cc3c(cc2C[C@H]1C(=O)N[C@@H](Cc1ccc(-c2ccc(OC)cc2)cc1)C(=O)OC)N(C)C(=O)[C@H](c1ccc(O)cc1)O3. The summed E-state index contributed by atoms with van der Waals surface area (Å²) in [6, 6.07) is 34.6. The first-order valence-corrected chi connectivity index (χ1v) is 18.5. The van der Waals surface area contributed by atoms with Gasteiger partial charge in [0.25, 0.3) is 5.91 Å². The number of phenols is 1. The average Bonchev–Trinajstić information content (AvgIpc) is 3.22. The van der Waals surface area contributed by atoms with Gasteiger partial charge in [-0.3, -0.25) is 14.5 Å². The number of likely N-dealkylation sites (N-methyl/N-ethyl adjacent to an activating group) is 1. The van der Waals surface area contributed by atoms with Crippen LogP contribution in [0, 0.1) is 0 Å². The van der Waals surface area contributed by atoms with Gasteiger partial charge in [-0.1, -0.05) is 85.8 Å². The molecule has 0 aromatic heterocycles. The lowest BCUT2D eigenvalue weighted by atomic mass is 9.88. The normalized spacial score (nSPS) is 17.6. The first kappa shape index (κ1) is 37.2. The van der Waals surface area contributed by atoms with E-state index in [1.807, 2.05) is 78.9 Å². The van der Waals surface area contributed by atoms with Gasteiger partial charge in [0.15, 0.2) is 0 Å². The van der Waals surface area contributed by atoms with E-state index in [0.717, 1.165) is 45.6 Å². The highest BCUT2D eigenvalue weighted by atomic mass is 16.5. The van der Waals surface area contributed by atoms with Crippen LogP contribution in [0.3, 0.4) is 0 Å². The van der Waals surface area contributed by atoms with Gasteiger partial charge in [-0.25, -0.2) is 4.79 Å². The predicted molar refractivity (Wildman–Crippen MR) is 210 cm³/mol. The van der Waals surface area contributed by atoms with E-state index in [9.17, 15) is 19.5 Å². The van der Waals surface area contributed by atoms with E-state index < -0.39 is 24.2 Å². The summed E-state index contributed by atoms with van der Waals surface area (Å²) < 4.78 is 16.8. The molecule has 2 N–H and O–H groups in total. The smallest absolute Gasteiger partial charge is 0.328 e. The van der Waals surface area contributed by atoms with Gasteiger partial charge >= 0.3 is 5.97 Å². The molecule has 7 rings (SSSR count). The second-order valence-corrected chi connectivity index (χ2v) is 14.0. The quantitative estimate of drug-likeness (QED) is 0.140. The monoisotopic (exact) mass is 739 g/mol. The minimum absolute atomic E-state index is 0.0990. The number of aromatic hydroxyl groups is 1. The van der Waals surface area contributed by atoms with Crippen LogP contribution in [-0.4, -0.2) is 61.1 Å². The van der Waals surface area contributed by atoms with Crippen molar-refractivity contribution in [3.05, 3.63) is 143 Å². The maximum atomic E-state index is 14.5. The van der Waals surface area contributed by atoms with Gasteiger partial charge in [-0.15, -0.1) is 0 Å². The molecule has 0 aliphatic carbocycles. The van der Waals surface area contributed by atoms with Crippen LogP contribution >= 0.6 is 0 Å². The molecular formula is C45H45N3O7. The lowest BCUT2D eigenvalue weighted by molar-refractivity contribution is -0.146. The van der Waals surface area contributed by atoms with Gasteiger partial charge in [-0.05, 0) is 82.6 Å². The molecule has 0 unspecified atom stereocenters. The zero-order valence-electron chi connectivity index (χ0n) is 31.4. The number of amides is 2. The first-order valence-electron chi connectivity index (χ1n) is 18.5. The number of nitrogens with one attached hydrogen (secondary N) is 1. The molecule has 0 bridgehead atoms. The molecule has 2 amide bonds. The summed E-state index contributed by atoms with van der Waals surface area (Å²) in [6.07, 6.45) is 0.480. The molecule has 0 spiro atoms. The molecule has 2 aliphatic heterocycles. The van der Waals surface area contributed by atoms with Gasteiger partial charge in [0.2, 0.25) is 12.0 Å². The number of hydrogen-bond donors (Lipinski definition) is 2. The van der Waals surface area contributed by atoms with E-state index in [1.54, 1.807) is 31.2 Å². The van der Waals surface area contributed by atoms with E-state index >= 15 is 0 Å². The van der Waals surface area contributed by atoms with Crippen LogP contribution in [0.5, 0.6) is 17.2 Å². The summed E-state index contributed by atoms with van der Waals surface area (Å²) in [5.41, 5.74) is 7.18. The Bertz CT molecular complexity index is 2150. The number of hydrogen-bond acceptors (Lipinski definition) is 8. The number of nitrogens with zero attached hydrogens (tertiary/aromatic N) is 2. The van der Waals surface area contributed by atoms with Gasteiger partial charge in [-0.2, -0.15) is 0 Å². The fourth-order valence-electron chi connectivity index (χ4n) is 7.68. The summed E-state index contributed by atoms with van der Waals surface area (Å²) >= 11 is 0. The second-order valence-electron chi connectivity index (χ2n) is 14.0. The van der Waals surface area contributed by atoms with Crippen LogP contribution in [0.4, 0.5) is 5.69 Å². The second kappa shape index (κ2) is 16.1. The standard InChI is InChI=1S/C45H45N3O7/c1-5-38(31-9-7-6-8-10-31)48-27-34-26-41-39(47(2)44(51)42(55-41)32-15-19-35(49)20-16-32)24-33(34)25-40(48)43(50)46-37(45(52)54-4)23-28-11-13-29(14-12-28)30-17-21-36(53-3)22-18-30/h6-22,24,26,37-38,40,42,49H,5,23,25,27H2,1-4H3,(H,46,50)/t37-,38-,40-,42-/m0/s1. The molecule has 55 heavy (non-hydrogen) atoms. The fourth-order valence-corrected chi connectivity index (χ4v) is 7.68. The van der Waals surface area contributed by atoms with E-state index in [1.165, 1.54) is 19.2 Å². The Morgan fingerprint density at radius 2 is 1.56 bits per heavy atom. The highest BCUT2D eigenvalue weighted by molar-refractivity contribution is 6.00. The van der Waals surface area contributed by atoms with Crippen molar-refractivity contribution in [1.82, 2.24) is 10.2 Å². The van der Waals surface area contributed by atoms with Crippen molar-refractivity contribution in [2.45, 2.75) is 57.0 Å². The van der Waals surface area contributed by atoms with Crippen molar-refractivity contribution < 1.29 is 33.7 Å². The Labute approximate surface area is 321 Å². The number of ether oxygens (including phenoxy) is 3. The molecule has 0 fully saturated rings. The van der Waals surface area contributed by atoms with Gasteiger partial charge in [0, 0.05) is 31.6 Å². The summed E-state index contributed by atoms with van der Waals surface area (Å²) in [5.74, 6) is 0.407. The summed E-state index contributed by atoms with van der Waals surface area (Å²) in [6.45, 7) is 2.54. The number of methoxy groups -OCH3 is 2. The maximum absolute atomic E-state index is 14.5. The molecule has 282 valence electrons. The third-order valence-electron chi connectivity index (χ3n) is 10.7. The van der Waals surface area contributed by atoms with E-state index in [-0.39, 0.29) is 30.0 Å². The van der Waals surface area contributed by atoms with Crippen LogP contribution in [-0.2, 0) is 38.5 Å². The summed E-state index contributed by atoms with van der Waals surface area (Å²) in [7, 11) is 4.68. The Morgan fingerprint density at radius 3 is 2.20 bits per heavy atom. The van der Waals surface area contributed by atoms with E-state index in [2.05, 4.69) is 29.3 Å². The fraction of sp³-hybridized carbons (Fsp3) is 0.267. The Morgan fingerprint density at radius 1 is 0.891 bits per heavy atom. The molecule has 2 aliphatic rings. The van der Waals surface area contributed by atoms with E-state index in [4.69, 9.17) is 14.2 Å². The van der Waals surface area contributed by atoms with Crippen molar-refractivity contribution >= 4 is 23.5 Å². The summed E-state index contributed by atoms with van der Waals surface area (Å²) in [4.78, 5) is 45.1. The van der Waals surface area contributed by atoms with Gasteiger partial charge in [0.1, 0.15) is 23.3 Å².